The number of thioether (sulfide) groups is 1. The fraction of sp³-hybridized carbons (Fsp3) is 0.158. The van der Waals surface area contributed by atoms with E-state index in [0.717, 1.165) is 22.4 Å². The van der Waals surface area contributed by atoms with Gasteiger partial charge in [0, 0.05) is 5.56 Å². The minimum atomic E-state index is -0.131. The van der Waals surface area contributed by atoms with Crippen LogP contribution in [-0.4, -0.2) is 32.3 Å². The number of aromatic amines is 2. The van der Waals surface area contributed by atoms with Crippen molar-refractivity contribution in [3.63, 3.8) is 0 Å². The first-order valence-corrected chi connectivity index (χ1v) is 9.31. The highest BCUT2D eigenvalue weighted by Gasteiger charge is 2.10. The van der Waals surface area contributed by atoms with E-state index >= 15 is 0 Å². The molecule has 0 aliphatic carbocycles. The van der Waals surface area contributed by atoms with Crippen LogP contribution in [0.3, 0.4) is 0 Å². The lowest BCUT2D eigenvalue weighted by atomic mass is 10.1. The fourth-order valence-corrected chi connectivity index (χ4v) is 3.41. The van der Waals surface area contributed by atoms with Gasteiger partial charge in [-0.2, -0.15) is 0 Å². The number of methoxy groups -OCH3 is 1. The van der Waals surface area contributed by atoms with Crippen LogP contribution < -0.4 is 10.3 Å². The maximum atomic E-state index is 12.3. The number of fused-ring (bicyclic) bond motifs is 1. The number of hydrogen-bond donors (Lipinski definition) is 2. The van der Waals surface area contributed by atoms with Gasteiger partial charge in [-0.1, -0.05) is 23.9 Å². The van der Waals surface area contributed by atoms with Crippen molar-refractivity contribution in [1.82, 2.24) is 25.1 Å². The maximum absolute atomic E-state index is 12.3. The fourth-order valence-electron chi connectivity index (χ4n) is 2.74. The first-order chi connectivity index (χ1) is 13.1. The van der Waals surface area contributed by atoms with E-state index in [0.29, 0.717) is 27.9 Å². The standard InChI is InChI=1S/C19H17N5O2S/c1-11-4-3-5-14-16(11)20-15(21-18(14)25)10-27-19-22-17(23-24-19)12-6-8-13(26-2)9-7-12/h3-9H,10H2,1-2H3,(H,20,21,25)(H,22,23,24). The molecule has 0 unspecified atom stereocenters. The molecule has 0 atom stereocenters. The zero-order valence-electron chi connectivity index (χ0n) is 14.8. The molecule has 2 heterocycles. The van der Waals surface area contributed by atoms with Crippen molar-refractivity contribution in [2.75, 3.05) is 7.11 Å². The summed E-state index contributed by atoms with van der Waals surface area (Å²) in [5.74, 6) is 2.53. The summed E-state index contributed by atoms with van der Waals surface area (Å²) in [7, 11) is 1.63. The van der Waals surface area contributed by atoms with Crippen molar-refractivity contribution in [1.29, 1.82) is 0 Å². The molecule has 2 aromatic carbocycles. The van der Waals surface area contributed by atoms with Crippen LogP contribution in [0.25, 0.3) is 22.3 Å². The highest BCUT2D eigenvalue weighted by Crippen LogP contribution is 2.23. The van der Waals surface area contributed by atoms with Crippen molar-refractivity contribution in [3.05, 3.63) is 64.2 Å². The SMILES string of the molecule is COc1ccc(-c2nc(SCc3nc4c(C)cccc4c(=O)[nH]3)n[nH]2)cc1. The Morgan fingerprint density at radius 1 is 1.11 bits per heavy atom. The minimum Gasteiger partial charge on any atom is -0.497 e. The summed E-state index contributed by atoms with van der Waals surface area (Å²) in [5.41, 5.74) is 2.49. The Balaban J connectivity index is 1.52. The molecule has 0 aliphatic rings. The molecule has 2 aromatic heterocycles. The second kappa shape index (κ2) is 7.24. The number of benzene rings is 2. The molecular weight excluding hydrogens is 362 g/mol. The smallest absolute Gasteiger partial charge is 0.258 e. The van der Waals surface area contributed by atoms with Gasteiger partial charge in [-0.05, 0) is 42.8 Å². The maximum Gasteiger partial charge on any atom is 0.258 e. The highest BCUT2D eigenvalue weighted by molar-refractivity contribution is 7.98. The second-order valence-electron chi connectivity index (χ2n) is 5.97. The van der Waals surface area contributed by atoms with Crippen LogP contribution in [0, 0.1) is 6.92 Å². The summed E-state index contributed by atoms with van der Waals surface area (Å²) in [5, 5.41) is 8.35. The molecule has 4 aromatic rings. The van der Waals surface area contributed by atoms with Gasteiger partial charge in [-0.15, -0.1) is 5.10 Å². The number of nitrogens with one attached hydrogen (secondary N) is 2. The number of aryl methyl sites for hydroxylation is 1. The lowest BCUT2D eigenvalue weighted by Crippen LogP contribution is -2.11. The van der Waals surface area contributed by atoms with Crippen molar-refractivity contribution >= 4 is 22.7 Å². The third-order valence-electron chi connectivity index (χ3n) is 4.15. The Morgan fingerprint density at radius 3 is 2.70 bits per heavy atom. The van der Waals surface area contributed by atoms with Crippen LogP contribution in [0.4, 0.5) is 0 Å². The molecule has 0 saturated carbocycles. The van der Waals surface area contributed by atoms with Gasteiger partial charge in [0.1, 0.15) is 11.6 Å². The minimum absolute atomic E-state index is 0.131. The first-order valence-electron chi connectivity index (χ1n) is 8.32. The van der Waals surface area contributed by atoms with E-state index in [1.165, 1.54) is 11.8 Å². The Bertz CT molecular complexity index is 1150. The molecule has 0 saturated heterocycles. The number of H-pyrrole nitrogens is 2. The molecule has 0 bridgehead atoms. The van der Waals surface area contributed by atoms with Gasteiger partial charge < -0.3 is 9.72 Å². The summed E-state index contributed by atoms with van der Waals surface area (Å²) in [6, 6.07) is 13.2. The van der Waals surface area contributed by atoms with Crippen LogP contribution >= 0.6 is 11.8 Å². The highest BCUT2D eigenvalue weighted by atomic mass is 32.2. The average molecular weight is 379 g/mol. The van der Waals surface area contributed by atoms with E-state index in [-0.39, 0.29) is 5.56 Å². The molecule has 27 heavy (non-hydrogen) atoms. The molecule has 136 valence electrons. The van der Waals surface area contributed by atoms with E-state index in [2.05, 4.69) is 25.1 Å². The number of hydrogen-bond acceptors (Lipinski definition) is 6. The third-order valence-corrected chi connectivity index (χ3v) is 5.01. The summed E-state index contributed by atoms with van der Waals surface area (Å²) in [6.45, 7) is 1.95. The van der Waals surface area contributed by atoms with Gasteiger partial charge >= 0.3 is 0 Å². The zero-order valence-corrected chi connectivity index (χ0v) is 15.6. The summed E-state index contributed by atoms with van der Waals surface area (Å²) in [4.78, 5) is 24.2. The van der Waals surface area contributed by atoms with E-state index in [1.807, 2.05) is 43.3 Å². The summed E-state index contributed by atoms with van der Waals surface area (Å²) in [6.07, 6.45) is 0. The van der Waals surface area contributed by atoms with Gasteiger partial charge in [0.2, 0.25) is 5.16 Å². The monoisotopic (exact) mass is 379 g/mol. The molecular formula is C19H17N5O2S. The molecule has 0 spiro atoms. The Hall–Kier alpha value is -3.13. The number of aromatic nitrogens is 5. The Morgan fingerprint density at radius 2 is 1.93 bits per heavy atom. The second-order valence-corrected chi connectivity index (χ2v) is 6.91. The molecule has 0 aliphatic heterocycles. The first kappa shape index (κ1) is 17.3. The van der Waals surface area contributed by atoms with Crippen LogP contribution in [0.1, 0.15) is 11.4 Å². The van der Waals surface area contributed by atoms with Crippen molar-refractivity contribution in [3.8, 4) is 17.1 Å². The third kappa shape index (κ3) is 3.56. The van der Waals surface area contributed by atoms with E-state index < -0.39 is 0 Å². The van der Waals surface area contributed by atoms with Gasteiger partial charge in [-0.3, -0.25) is 9.89 Å². The number of ether oxygens (including phenoxy) is 1. The molecule has 0 amide bonds. The number of para-hydroxylation sites is 1. The van der Waals surface area contributed by atoms with E-state index in [4.69, 9.17) is 4.74 Å². The molecule has 0 fully saturated rings. The summed E-state index contributed by atoms with van der Waals surface area (Å²) >= 11 is 1.41. The van der Waals surface area contributed by atoms with Gasteiger partial charge in [-0.25, -0.2) is 9.97 Å². The van der Waals surface area contributed by atoms with Gasteiger partial charge in [0.25, 0.3) is 5.56 Å². The zero-order chi connectivity index (χ0) is 18.8. The molecule has 7 nitrogen and oxygen atoms in total. The Kier molecular flexibility index (Phi) is 4.64. The van der Waals surface area contributed by atoms with Gasteiger partial charge in [0.15, 0.2) is 5.82 Å². The lowest BCUT2D eigenvalue weighted by molar-refractivity contribution is 0.415. The van der Waals surface area contributed by atoms with Crippen molar-refractivity contribution in [2.24, 2.45) is 0 Å². The molecule has 2 N–H and O–H groups in total. The molecule has 8 heteroatoms. The number of rotatable bonds is 5. The normalized spacial score (nSPS) is 11.0. The largest absolute Gasteiger partial charge is 0.497 e. The molecule has 4 rings (SSSR count). The molecule has 0 radical (unpaired) electrons. The van der Waals surface area contributed by atoms with Crippen LogP contribution in [0.15, 0.2) is 52.4 Å². The quantitative estimate of drug-likeness (QED) is 0.517. The number of nitrogens with zero attached hydrogens (tertiary/aromatic N) is 3. The van der Waals surface area contributed by atoms with E-state index in [9.17, 15) is 4.79 Å². The van der Waals surface area contributed by atoms with Crippen molar-refractivity contribution in [2.45, 2.75) is 17.8 Å². The average Bonchev–Trinajstić information content (AvgIpc) is 3.16. The Labute approximate surface area is 159 Å². The predicted octanol–water partition coefficient (Wildman–Crippen LogP) is 3.32. The summed E-state index contributed by atoms with van der Waals surface area (Å²) < 4.78 is 5.16. The topological polar surface area (TPSA) is 96.6 Å². The van der Waals surface area contributed by atoms with Crippen LogP contribution in [0.5, 0.6) is 5.75 Å². The van der Waals surface area contributed by atoms with Gasteiger partial charge in [0.05, 0.1) is 23.8 Å². The van der Waals surface area contributed by atoms with Crippen molar-refractivity contribution < 1.29 is 4.74 Å². The lowest BCUT2D eigenvalue weighted by Gasteiger charge is -2.03. The van der Waals surface area contributed by atoms with Crippen LogP contribution in [0.2, 0.25) is 0 Å². The van der Waals surface area contributed by atoms with Crippen LogP contribution in [-0.2, 0) is 5.75 Å². The van der Waals surface area contributed by atoms with E-state index in [1.54, 1.807) is 13.2 Å². The predicted molar refractivity (Wildman–Crippen MR) is 105 cm³/mol.